The Morgan fingerprint density at radius 1 is 1.03 bits per heavy atom. The van der Waals surface area contributed by atoms with E-state index in [0.717, 1.165) is 35.8 Å². The molecule has 1 atom stereocenters. The lowest BCUT2D eigenvalue weighted by Gasteiger charge is -2.25. The van der Waals surface area contributed by atoms with Crippen molar-refractivity contribution in [3.63, 3.8) is 0 Å². The highest BCUT2D eigenvalue weighted by Crippen LogP contribution is 2.41. The standard InChI is InChI=1S/C28H24FNO4/c1-3-4-14-33-21-11-8-18(9-12-21)25-24-26(31)22-16-19(29)10-13-23(22)34-27(24)28(32)30(25)20-7-5-6-17(2)15-20/h5-13,15-16,25H,3-4,14H2,1-2H3. The van der Waals surface area contributed by atoms with Crippen molar-refractivity contribution >= 4 is 22.6 Å². The molecule has 3 aromatic carbocycles. The van der Waals surface area contributed by atoms with E-state index in [4.69, 9.17) is 9.15 Å². The minimum atomic E-state index is -0.710. The summed E-state index contributed by atoms with van der Waals surface area (Å²) in [5, 5.41) is 0.113. The molecule has 0 saturated heterocycles. The van der Waals surface area contributed by atoms with E-state index in [-0.39, 0.29) is 22.3 Å². The van der Waals surface area contributed by atoms with E-state index < -0.39 is 23.2 Å². The molecule has 0 radical (unpaired) electrons. The van der Waals surface area contributed by atoms with Crippen LogP contribution in [0, 0.1) is 12.7 Å². The first-order valence-corrected chi connectivity index (χ1v) is 11.4. The highest BCUT2D eigenvalue weighted by Gasteiger charge is 2.43. The number of aryl methyl sites for hydroxylation is 1. The number of carbonyl (C=O) groups excluding carboxylic acids is 1. The molecule has 1 aliphatic heterocycles. The summed E-state index contributed by atoms with van der Waals surface area (Å²) in [5.41, 5.74) is 2.35. The minimum absolute atomic E-state index is 0.0149. The molecular weight excluding hydrogens is 433 g/mol. The molecule has 0 spiro atoms. The fourth-order valence-corrected chi connectivity index (χ4v) is 4.39. The van der Waals surface area contributed by atoms with Crippen LogP contribution in [0.15, 0.2) is 75.9 Å². The van der Waals surface area contributed by atoms with Crippen molar-refractivity contribution in [1.82, 2.24) is 0 Å². The molecule has 5 rings (SSSR count). The summed E-state index contributed by atoms with van der Waals surface area (Å²) in [6, 6.07) is 17.9. The van der Waals surface area contributed by atoms with Crippen molar-refractivity contribution < 1.29 is 18.3 Å². The molecule has 0 saturated carbocycles. The second-order valence-corrected chi connectivity index (χ2v) is 8.50. The highest BCUT2D eigenvalue weighted by atomic mass is 19.1. The second kappa shape index (κ2) is 8.78. The molecule has 0 aliphatic carbocycles. The fraction of sp³-hybridized carbons (Fsp3) is 0.214. The van der Waals surface area contributed by atoms with Gasteiger partial charge in [-0.3, -0.25) is 14.5 Å². The molecule has 6 heteroatoms. The smallest absolute Gasteiger partial charge is 0.295 e. The molecule has 1 aliphatic rings. The number of anilines is 1. The lowest BCUT2D eigenvalue weighted by atomic mass is 9.98. The predicted octanol–water partition coefficient (Wildman–Crippen LogP) is 6.17. The molecule has 0 fully saturated rings. The average molecular weight is 458 g/mol. The number of halogens is 1. The second-order valence-electron chi connectivity index (χ2n) is 8.50. The van der Waals surface area contributed by atoms with Crippen molar-refractivity contribution in [2.24, 2.45) is 0 Å². The SMILES string of the molecule is CCCCOc1ccc(C2c3c(oc4ccc(F)cc4c3=O)C(=O)N2c2cccc(C)c2)cc1. The quantitative estimate of drug-likeness (QED) is 0.325. The maximum atomic E-state index is 14.0. The van der Waals surface area contributed by atoms with Crippen LogP contribution < -0.4 is 15.1 Å². The van der Waals surface area contributed by atoms with Gasteiger partial charge in [0.2, 0.25) is 5.76 Å². The van der Waals surface area contributed by atoms with E-state index in [1.807, 2.05) is 55.5 Å². The van der Waals surface area contributed by atoms with Crippen LogP contribution in [-0.4, -0.2) is 12.5 Å². The first kappa shape index (κ1) is 21.9. The van der Waals surface area contributed by atoms with Crippen molar-refractivity contribution in [3.8, 4) is 5.75 Å². The molecule has 1 unspecified atom stereocenters. The van der Waals surface area contributed by atoms with Gasteiger partial charge in [0.05, 0.1) is 23.6 Å². The van der Waals surface area contributed by atoms with Gasteiger partial charge in [0.15, 0.2) is 5.43 Å². The van der Waals surface area contributed by atoms with Crippen molar-refractivity contribution in [3.05, 3.63) is 105 Å². The molecule has 4 aromatic rings. The minimum Gasteiger partial charge on any atom is -0.494 e. The van der Waals surface area contributed by atoms with Crippen LogP contribution in [0.4, 0.5) is 10.1 Å². The summed E-state index contributed by atoms with van der Waals surface area (Å²) in [6.45, 7) is 4.66. The summed E-state index contributed by atoms with van der Waals surface area (Å²) in [4.78, 5) is 28.7. The number of nitrogens with zero attached hydrogens (tertiary/aromatic N) is 1. The maximum Gasteiger partial charge on any atom is 0.295 e. The Kier molecular flexibility index (Phi) is 5.65. The Balaban J connectivity index is 1.68. The molecule has 5 nitrogen and oxygen atoms in total. The predicted molar refractivity (Wildman–Crippen MR) is 129 cm³/mol. The Bertz CT molecular complexity index is 1440. The van der Waals surface area contributed by atoms with Gasteiger partial charge in [0.25, 0.3) is 5.91 Å². The molecule has 34 heavy (non-hydrogen) atoms. The molecule has 0 bridgehead atoms. The van der Waals surface area contributed by atoms with Crippen molar-refractivity contribution in [2.75, 3.05) is 11.5 Å². The van der Waals surface area contributed by atoms with E-state index in [9.17, 15) is 14.0 Å². The summed E-state index contributed by atoms with van der Waals surface area (Å²) >= 11 is 0. The van der Waals surface area contributed by atoms with E-state index in [2.05, 4.69) is 6.92 Å². The highest BCUT2D eigenvalue weighted by molar-refractivity contribution is 6.10. The van der Waals surface area contributed by atoms with Gasteiger partial charge in [-0.2, -0.15) is 0 Å². The molecule has 0 N–H and O–H groups in total. The zero-order valence-corrected chi connectivity index (χ0v) is 19.0. The Hall–Kier alpha value is -3.93. The first-order valence-electron chi connectivity index (χ1n) is 11.4. The largest absolute Gasteiger partial charge is 0.494 e. The lowest BCUT2D eigenvalue weighted by Crippen LogP contribution is -2.29. The van der Waals surface area contributed by atoms with E-state index in [1.54, 1.807) is 4.90 Å². The number of hydrogen-bond acceptors (Lipinski definition) is 4. The summed E-state index contributed by atoms with van der Waals surface area (Å²) in [5.74, 6) is -0.239. The van der Waals surface area contributed by atoms with E-state index in [1.165, 1.54) is 12.1 Å². The van der Waals surface area contributed by atoms with Gasteiger partial charge in [-0.25, -0.2) is 4.39 Å². The van der Waals surface area contributed by atoms with Crippen LogP contribution in [-0.2, 0) is 0 Å². The van der Waals surface area contributed by atoms with Crippen LogP contribution >= 0.6 is 0 Å². The molecule has 1 aromatic heterocycles. The van der Waals surface area contributed by atoms with E-state index in [0.29, 0.717) is 12.3 Å². The third kappa shape index (κ3) is 3.75. The molecule has 1 amide bonds. The van der Waals surface area contributed by atoms with Gasteiger partial charge in [-0.05, 0) is 66.9 Å². The van der Waals surface area contributed by atoms with Gasteiger partial charge >= 0.3 is 0 Å². The molecule has 2 heterocycles. The maximum absolute atomic E-state index is 14.0. The first-order chi connectivity index (χ1) is 16.5. The zero-order valence-electron chi connectivity index (χ0n) is 19.0. The third-order valence-electron chi connectivity index (χ3n) is 6.07. The van der Waals surface area contributed by atoms with Gasteiger partial charge in [0.1, 0.15) is 17.1 Å². The Labute approximate surface area is 196 Å². The Morgan fingerprint density at radius 2 is 1.82 bits per heavy atom. The number of ether oxygens (including phenoxy) is 1. The van der Waals surface area contributed by atoms with Crippen LogP contribution in [0.3, 0.4) is 0 Å². The summed E-state index contributed by atoms with van der Waals surface area (Å²) < 4.78 is 25.6. The van der Waals surface area contributed by atoms with Crippen LogP contribution in [0.1, 0.15) is 53.1 Å². The number of rotatable bonds is 6. The zero-order chi connectivity index (χ0) is 23.8. The molecular formula is C28H24FNO4. The van der Waals surface area contributed by atoms with Crippen molar-refractivity contribution in [2.45, 2.75) is 32.7 Å². The van der Waals surface area contributed by atoms with Gasteiger partial charge < -0.3 is 9.15 Å². The van der Waals surface area contributed by atoms with Crippen LogP contribution in [0.2, 0.25) is 0 Å². The number of benzene rings is 3. The number of hydrogen-bond donors (Lipinski definition) is 0. The topological polar surface area (TPSA) is 59.8 Å². The number of fused-ring (bicyclic) bond motifs is 2. The normalized spacial score (nSPS) is 15.1. The average Bonchev–Trinajstić information content (AvgIpc) is 3.13. The third-order valence-corrected chi connectivity index (χ3v) is 6.07. The van der Waals surface area contributed by atoms with Gasteiger partial charge in [-0.15, -0.1) is 0 Å². The monoisotopic (exact) mass is 457 g/mol. The lowest BCUT2D eigenvalue weighted by molar-refractivity contribution is 0.0971. The Morgan fingerprint density at radius 3 is 2.56 bits per heavy atom. The van der Waals surface area contributed by atoms with E-state index >= 15 is 0 Å². The number of amides is 1. The van der Waals surface area contributed by atoms with Crippen LogP contribution in [0.5, 0.6) is 5.75 Å². The number of carbonyl (C=O) groups is 1. The van der Waals surface area contributed by atoms with Gasteiger partial charge in [0, 0.05) is 5.69 Å². The van der Waals surface area contributed by atoms with Gasteiger partial charge in [-0.1, -0.05) is 37.6 Å². The fourth-order valence-electron chi connectivity index (χ4n) is 4.39. The number of unbranched alkanes of at least 4 members (excludes halogenated alkanes) is 1. The summed E-state index contributed by atoms with van der Waals surface area (Å²) in [6.07, 6.45) is 1.99. The van der Waals surface area contributed by atoms with Crippen LogP contribution in [0.25, 0.3) is 11.0 Å². The molecule has 172 valence electrons. The van der Waals surface area contributed by atoms with Crippen molar-refractivity contribution in [1.29, 1.82) is 0 Å². The summed E-state index contributed by atoms with van der Waals surface area (Å²) in [7, 11) is 0.